The summed E-state index contributed by atoms with van der Waals surface area (Å²) in [5, 5.41) is 14.5. The van der Waals surface area contributed by atoms with Crippen molar-refractivity contribution >= 4 is 29.0 Å². The van der Waals surface area contributed by atoms with Gasteiger partial charge in [0.05, 0.1) is 11.9 Å². The number of aliphatic hydroxyl groups excluding tert-OH is 1. The minimum atomic E-state index is -0.117. The summed E-state index contributed by atoms with van der Waals surface area (Å²) in [5.74, 6) is 2.14. The smallest absolute Gasteiger partial charge is 0.230 e. The van der Waals surface area contributed by atoms with E-state index in [0.717, 1.165) is 38.0 Å². The van der Waals surface area contributed by atoms with Crippen LogP contribution in [0.3, 0.4) is 0 Å². The van der Waals surface area contributed by atoms with Gasteiger partial charge in [0.25, 0.3) is 0 Å². The topological polar surface area (TPSA) is 49.3 Å². The normalized spacial score (nSPS) is 23.2. The molecule has 2 N–H and O–H groups in total. The van der Waals surface area contributed by atoms with E-state index in [0.29, 0.717) is 11.7 Å². The van der Waals surface area contributed by atoms with Crippen LogP contribution in [0.25, 0.3) is 0 Å². The van der Waals surface area contributed by atoms with Crippen molar-refractivity contribution in [2.75, 3.05) is 12.3 Å². The number of thiophene rings is 1. The fraction of sp³-hybridized carbons (Fsp3) is 0.643. The molecule has 1 saturated carbocycles. The lowest BCUT2D eigenvalue weighted by Gasteiger charge is -2.25. The highest BCUT2D eigenvalue weighted by molar-refractivity contribution is 7.99. The molecule has 19 heavy (non-hydrogen) atoms. The van der Waals surface area contributed by atoms with Gasteiger partial charge in [0.2, 0.25) is 5.91 Å². The number of nitrogens with one attached hydrogen (secondary N) is 1. The van der Waals surface area contributed by atoms with Gasteiger partial charge in [-0.15, -0.1) is 23.1 Å². The standard InChI is InChI=1S/C14H21NO2S2/c16-12-5-3-11(4-6-12)8-15-14(17)10-18-9-13-2-1-7-19-13/h1-2,7,11-12,16H,3-6,8-10H2,(H,15,17). The first-order valence-corrected chi connectivity index (χ1v) is 8.82. The van der Waals surface area contributed by atoms with Crippen molar-refractivity contribution < 1.29 is 9.90 Å². The molecule has 1 heterocycles. The molecule has 0 aromatic carbocycles. The zero-order valence-corrected chi connectivity index (χ0v) is 12.6. The van der Waals surface area contributed by atoms with Gasteiger partial charge in [-0.2, -0.15) is 0 Å². The number of amides is 1. The summed E-state index contributed by atoms with van der Waals surface area (Å²) in [5.41, 5.74) is 0. The van der Waals surface area contributed by atoms with Gasteiger partial charge in [-0.3, -0.25) is 4.79 Å². The lowest BCUT2D eigenvalue weighted by Crippen LogP contribution is -2.33. The minimum absolute atomic E-state index is 0.117. The second kappa shape index (κ2) is 7.92. The van der Waals surface area contributed by atoms with Crippen LogP contribution in [-0.4, -0.2) is 29.4 Å². The summed E-state index contributed by atoms with van der Waals surface area (Å²) in [6.07, 6.45) is 3.71. The Labute approximate surface area is 122 Å². The van der Waals surface area contributed by atoms with Crippen LogP contribution in [0, 0.1) is 5.92 Å². The minimum Gasteiger partial charge on any atom is -0.393 e. The molecular weight excluding hydrogens is 278 g/mol. The molecule has 1 aromatic rings. The summed E-state index contributed by atoms with van der Waals surface area (Å²) in [6, 6.07) is 4.14. The molecule has 1 amide bonds. The molecular formula is C14H21NO2S2. The number of carbonyl (C=O) groups is 1. The van der Waals surface area contributed by atoms with Gasteiger partial charge in [0, 0.05) is 17.2 Å². The average molecular weight is 299 g/mol. The third-order valence-electron chi connectivity index (χ3n) is 3.46. The number of hydrogen-bond acceptors (Lipinski definition) is 4. The highest BCUT2D eigenvalue weighted by Gasteiger charge is 2.19. The molecule has 0 bridgehead atoms. The van der Waals surface area contributed by atoms with Crippen LogP contribution >= 0.6 is 23.1 Å². The number of carbonyl (C=O) groups excluding carboxylic acids is 1. The first-order valence-electron chi connectivity index (χ1n) is 6.79. The van der Waals surface area contributed by atoms with Crippen molar-refractivity contribution in [3.8, 4) is 0 Å². The van der Waals surface area contributed by atoms with Crippen LogP contribution in [0.15, 0.2) is 17.5 Å². The van der Waals surface area contributed by atoms with Gasteiger partial charge >= 0.3 is 0 Å². The fourth-order valence-corrected chi connectivity index (χ4v) is 4.00. The lowest BCUT2D eigenvalue weighted by molar-refractivity contribution is -0.118. The maximum absolute atomic E-state index is 11.7. The third kappa shape index (κ3) is 5.55. The van der Waals surface area contributed by atoms with Crippen LogP contribution in [0.4, 0.5) is 0 Å². The lowest BCUT2D eigenvalue weighted by atomic mass is 9.87. The van der Waals surface area contributed by atoms with Gasteiger partial charge in [-0.1, -0.05) is 6.07 Å². The van der Waals surface area contributed by atoms with Gasteiger partial charge < -0.3 is 10.4 Å². The van der Waals surface area contributed by atoms with E-state index in [1.54, 1.807) is 23.1 Å². The molecule has 0 atom stereocenters. The first-order chi connectivity index (χ1) is 9.24. The van der Waals surface area contributed by atoms with E-state index >= 15 is 0 Å². The molecule has 1 aliphatic rings. The molecule has 0 spiro atoms. The highest BCUT2D eigenvalue weighted by Crippen LogP contribution is 2.23. The molecule has 1 fully saturated rings. The molecule has 1 aromatic heterocycles. The number of hydrogen-bond donors (Lipinski definition) is 2. The maximum Gasteiger partial charge on any atom is 0.230 e. The van der Waals surface area contributed by atoms with Crippen molar-refractivity contribution in [1.29, 1.82) is 0 Å². The van der Waals surface area contributed by atoms with E-state index in [2.05, 4.69) is 16.8 Å². The van der Waals surface area contributed by atoms with Gasteiger partial charge in [-0.25, -0.2) is 0 Å². The second-order valence-electron chi connectivity index (χ2n) is 5.05. The van der Waals surface area contributed by atoms with E-state index in [1.165, 1.54) is 4.88 Å². The number of thioether (sulfide) groups is 1. The summed E-state index contributed by atoms with van der Waals surface area (Å²) in [7, 11) is 0. The van der Waals surface area contributed by atoms with Gasteiger partial charge in [0.1, 0.15) is 0 Å². The molecule has 1 aliphatic carbocycles. The second-order valence-corrected chi connectivity index (χ2v) is 7.07. The van der Waals surface area contributed by atoms with Crippen molar-refractivity contribution in [2.24, 2.45) is 5.92 Å². The molecule has 106 valence electrons. The van der Waals surface area contributed by atoms with Crippen molar-refractivity contribution in [3.05, 3.63) is 22.4 Å². The summed E-state index contributed by atoms with van der Waals surface area (Å²) < 4.78 is 0. The molecule has 0 saturated heterocycles. The van der Waals surface area contributed by atoms with Crippen molar-refractivity contribution in [2.45, 2.75) is 37.5 Å². The number of aliphatic hydroxyl groups is 1. The predicted molar refractivity (Wildman–Crippen MR) is 81.5 cm³/mol. The Morgan fingerprint density at radius 1 is 1.42 bits per heavy atom. The molecule has 0 radical (unpaired) electrons. The Hall–Kier alpha value is -0.520. The summed E-state index contributed by atoms with van der Waals surface area (Å²) in [6.45, 7) is 0.769. The van der Waals surface area contributed by atoms with Gasteiger partial charge in [0.15, 0.2) is 0 Å². The molecule has 5 heteroatoms. The van der Waals surface area contributed by atoms with E-state index in [-0.39, 0.29) is 12.0 Å². The van der Waals surface area contributed by atoms with Gasteiger partial charge in [-0.05, 0) is 43.0 Å². The Kier molecular flexibility index (Phi) is 6.20. The van der Waals surface area contributed by atoms with Crippen molar-refractivity contribution in [3.63, 3.8) is 0 Å². The average Bonchev–Trinajstić information content (AvgIpc) is 2.91. The van der Waals surface area contributed by atoms with Crippen LogP contribution in [0.5, 0.6) is 0 Å². The van der Waals surface area contributed by atoms with Crippen LogP contribution in [0.1, 0.15) is 30.6 Å². The van der Waals surface area contributed by atoms with E-state index in [9.17, 15) is 9.90 Å². The largest absolute Gasteiger partial charge is 0.393 e. The number of rotatable bonds is 6. The van der Waals surface area contributed by atoms with E-state index in [4.69, 9.17) is 0 Å². The Bertz CT molecular complexity index is 373. The van der Waals surface area contributed by atoms with Crippen LogP contribution < -0.4 is 5.32 Å². The zero-order valence-electron chi connectivity index (χ0n) is 11.0. The Morgan fingerprint density at radius 2 is 2.21 bits per heavy atom. The van der Waals surface area contributed by atoms with Crippen molar-refractivity contribution in [1.82, 2.24) is 5.32 Å². The highest BCUT2D eigenvalue weighted by atomic mass is 32.2. The molecule has 2 rings (SSSR count). The van der Waals surface area contributed by atoms with Crippen LogP contribution in [0.2, 0.25) is 0 Å². The zero-order chi connectivity index (χ0) is 13.5. The molecule has 3 nitrogen and oxygen atoms in total. The van der Waals surface area contributed by atoms with E-state index in [1.807, 2.05) is 6.07 Å². The fourth-order valence-electron chi connectivity index (χ4n) is 2.30. The quantitative estimate of drug-likeness (QED) is 0.849. The third-order valence-corrected chi connectivity index (χ3v) is 5.50. The van der Waals surface area contributed by atoms with Crippen LogP contribution in [-0.2, 0) is 10.5 Å². The Balaban J connectivity index is 1.54. The summed E-state index contributed by atoms with van der Waals surface area (Å²) >= 11 is 3.40. The molecule has 0 aliphatic heterocycles. The predicted octanol–water partition coefficient (Wildman–Crippen LogP) is 2.65. The first kappa shape index (κ1) is 14.9. The summed E-state index contributed by atoms with van der Waals surface area (Å²) in [4.78, 5) is 13.0. The maximum atomic E-state index is 11.7. The Morgan fingerprint density at radius 3 is 2.89 bits per heavy atom. The van der Waals surface area contributed by atoms with E-state index < -0.39 is 0 Å². The molecule has 0 unspecified atom stereocenters. The monoisotopic (exact) mass is 299 g/mol. The SMILES string of the molecule is O=C(CSCc1cccs1)NCC1CCC(O)CC1.